The number of nitrogens with one attached hydrogen (secondary N) is 2. The highest BCUT2D eigenvalue weighted by molar-refractivity contribution is 7.08. The number of amides is 2. The molecule has 1 aliphatic rings. The van der Waals surface area contributed by atoms with E-state index in [1.54, 1.807) is 11.4 Å². The van der Waals surface area contributed by atoms with Crippen molar-refractivity contribution in [2.75, 3.05) is 19.7 Å². The lowest BCUT2D eigenvalue weighted by Gasteiger charge is -2.26. The maximum Gasteiger partial charge on any atom is 0.252 e. The summed E-state index contributed by atoms with van der Waals surface area (Å²) >= 11 is 1.47. The molecule has 0 aromatic carbocycles. The van der Waals surface area contributed by atoms with Gasteiger partial charge in [0.05, 0.1) is 6.61 Å². The quantitative estimate of drug-likeness (QED) is 0.715. The highest BCUT2D eigenvalue weighted by Gasteiger charge is 2.33. The van der Waals surface area contributed by atoms with Gasteiger partial charge in [-0.25, -0.2) is 0 Å². The van der Waals surface area contributed by atoms with Crippen LogP contribution in [-0.2, 0) is 4.79 Å². The molecule has 1 aliphatic carbocycles. The van der Waals surface area contributed by atoms with Crippen molar-refractivity contribution in [3.05, 3.63) is 22.4 Å². The molecular weight excluding hydrogens is 288 g/mol. The highest BCUT2D eigenvalue weighted by Crippen LogP contribution is 2.36. The number of rotatable bonds is 7. The lowest BCUT2D eigenvalue weighted by atomic mass is 9.87. The number of aliphatic hydroxyl groups is 1. The Hall–Kier alpha value is -1.40. The van der Waals surface area contributed by atoms with Crippen molar-refractivity contribution in [3.63, 3.8) is 0 Å². The van der Waals surface area contributed by atoms with Crippen molar-refractivity contribution in [1.82, 2.24) is 10.6 Å². The van der Waals surface area contributed by atoms with Crippen LogP contribution in [0.4, 0.5) is 0 Å². The standard InChI is InChI=1S/C15H22N2O3S/c18-11-15(5-1-2-6-15)10-17-13(19)3-7-16-14(20)12-4-8-21-9-12/h4,8-9,18H,1-3,5-7,10-11H2,(H,16,20)(H,17,19). The van der Waals surface area contributed by atoms with Crippen LogP contribution in [0.1, 0.15) is 42.5 Å². The van der Waals surface area contributed by atoms with Gasteiger partial charge < -0.3 is 15.7 Å². The molecule has 0 aliphatic heterocycles. The fraction of sp³-hybridized carbons (Fsp3) is 0.600. The summed E-state index contributed by atoms with van der Waals surface area (Å²) in [7, 11) is 0. The molecule has 116 valence electrons. The van der Waals surface area contributed by atoms with Gasteiger partial charge >= 0.3 is 0 Å². The third kappa shape index (κ3) is 4.54. The molecule has 0 saturated heterocycles. The Morgan fingerprint density at radius 1 is 1.29 bits per heavy atom. The first-order chi connectivity index (χ1) is 10.2. The molecule has 3 N–H and O–H groups in total. The average Bonchev–Trinajstić information content (AvgIpc) is 3.17. The first-order valence-electron chi connectivity index (χ1n) is 7.33. The van der Waals surface area contributed by atoms with Crippen LogP contribution in [0.15, 0.2) is 16.8 Å². The SMILES string of the molecule is O=C(CCNC(=O)c1ccsc1)NCC1(CO)CCCC1. The zero-order valence-electron chi connectivity index (χ0n) is 12.1. The molecule has 6 heteroatoms. The van der Waals surface area contributed by atoms with E-state index in [0.717, 1.165) is 25.7 Å². The maximum atomic E-state index is 11.8. The van der Waals surface area contributed by atoms with Gasteiger partial charge in [0.2, 0.25) is 5.91 Å². The molecule has 0 unspecified atom stereocenters. The number of thiophene rings is 1. The predicted molar refractivity (Wildman–Crippen MR) is 82.3 cm³/mol. The van der Waals surface area contributed by atoms with Gasteiger partial charge in [-0.05, 0) is 24.3 Å². The van der Waals surface area contributed by atoms with Crippen molar-refractivity contribution >= 4 is 23.2 Å². The molecule has 21 heavy (non-hydrogen) atoms. The van der Waals surface area contributed by atoms with E-state index in [2.05, 4.69) is 10.6 Å². The zero-order chi connectivity index (χ0) is 15.1. The second-order valence-corrected chi connectivity index (χ2v) is 6.44. The van der Waals surface area contributed by atoms with Crippen molar-refractivity contribution in [2.24, 2.45) is 5.41 Å². The van der Waals surface area contributed by atoms with Crippen molar-refractivity contribution < 1.29 is 14.7 Å². The van der Waals surface area contributed by atoms with Crippen molar-refractivity contribution in [1.29, 1.82) is 0 Å². The Kier molecular flexibility index (Phi) is 5.76. The minimum atomic E-state index is -0.147. The summed E-state index contributed by atoms with van der Waals surface area (Å²) in [4.78, 5) is 23.5. The van der Waals surface area contributed by atoms with Gasteiger partial charge in [0.15, 0.2) is 0 Å². The van der Waals surface area contributed by atoms with Gasteiger partial charge in [-0.2, -0.15) is 11.3 Å². The molecule has 1 aromatic heterocycles. The topological polar surface area (TPSA) is 78.4 Å². The van der Waals surface area contributed by atoms with Crippen molar-refractivity contribution in [2.45, 2.75) is 32.1 Å². The van der Waals surface area contributed by atoms with Gasteiger partial charge in [0.25, 0.3) is 5.91 Å². The summed E-state index contributed by atoms with van der Waals surface area (Å²) < 4.78 is 0. The Bertz CT molecular complexity index is 467. The summed E-state index contributed by atoms with van der Waals surface area (Å²) in [6, 6.07) is 1.76. The van der Waals surface area contributed by atoms with E-state index in [0.29, 0.717) is 18.7 Å². The number of aliphatic hydroxyl groups excluding tert-OH is 1. The van der Waals surface area contributed by atoms with Crippen LogP contribution in [0.3, 0.4) is 0 Å². The van der Waals surface area contributed by atoms with Crippen LogP contribution >= 0.6 is 11.3 Å². The number of carbonyl (C=O) groups excluding carboxylic acids is 2. The monoisotopic (exact) mass is 310 g/mol. The second kappa shape index (κ2) is 7.56. The van der Waals surface area contributed by atoms with Crippen LogP contribution in [-0.4, -0.2) is 36.6 Å². The Labute approximate surface area is 128 Å². The van der Waals surface area contributed by atoms with Crippen LogP contribution in [0.25, 0.3) is 0 Å². The van der Waals surface area contributed by atoms with Crippen molar-refractivity contribution in [3.8, 4) is 0 Å². The first-order valence-corrected chi connectivity index (χ1v) is 8.27. The molecular formula is C15H22N2O3S. The maximum absolute atomic E-state index is 11.8. The normalized spacial score (nSPS) is 16.6. The summed E-state index contributed by atoms with van der Waals surface area (Å²) in [6.45, 7) is 0.982. The van der Waals surface area contributed by atoms with Gasteiger partial charge in [0.1, 0.15) is 0 Å². The molecule has 1 saturated carbocycles. The van der Waals surface area contributed by atoms with Gasteiger partial charge in [-0.1, -0.05) is 12.8 Å². The van der Waals surface area contributed by atoms with E-state index in [1.165, 1.54) is 11.3 Å². The number of hydrogen-bond acceptors (Lipinski definition) is 4. The fourth-order valence-corrected chi connectivity index (χ4v) is 3.31. The predicted octanol–water partition coefficient (Wildman–Crippen LogP) is 1.54. The van der Waals surface area contributed by atoms with Crippen LogP contribution < -0.4 is 10.6 Å². The lowest BCUT2D eigenvalue weighted by molar-refractivity contribution is -0.121. The summed E-state index contributed by atoms with van der Waals surface area (Å²) in [6.07, 6.45) is 4.44. The summed E-state index contributed by atoms with van der Waals surface area (Å²) in [5.41, 5.74) is 0.501. The highest BCUT2D eigenvalue weighted by atomic mass is 32.1. The van der Waals surface area contributed by atoms with E-state index in [1.807, 2.05) is 5.38 Å². The second-order valence-electron chi connectivity index (χ2n) is 5.66. The molecule has 2 amide bonds. The fourth-order valence-electron chi connectivity index (χ4n) is 2.68. The minimum absolute atomic E-state index is 0.0830. The van der Waals surface area contributed by atoms with Crippen LogP contribution in [0.5, 0.6) is 0 Å². The largest absolute Gasteiger partial charge is 0.396 e. The van der Waals surface area contributed by atoms with E-state index in [4.69, 9.17) is 0 Å². The molecule has 0 atom stereocenters. The van der Waals surface area contributed by atoms with Gasteiger partial charge in [-0.3, -0.25) is 9.59 Å². The van der Waals surface area contributed by atoms with E-state index in [-0.39, 0.29) is 30.3 Å². The van der Waals surface area contributed by atoms with Gasteiger partial charge in [-0.15, -0.1) is 0 Å². The van der Waals surface area contributed by atoms with E-state index < -0.39 is 0 Å². The third-order valence-corrected chi connectivity index (χ3v) is 4.76. The molecule has 1 heterocycles. The molecule has 2 rings (SSSR count). The Morgan fingerprint density at radius 3 is 2.67 bits per heavy atom. The zero-order valence-corrected chi connectivity index (χ0v) is 12.9. The smallest absolute Gasteiger partial charge is 0.252 e. The first kappa shape index (κ1) is 16.0. The molecule has 1 aromatic rings. The third-order valence-electron chi connectivity index (χ3n) is 4.08. The summed E-state index contributed by atoms with van der Waals surface area (Å²) in [5, 5.41) is 18.7. The van der Waals surface area contributed by atoms with Gasteiger partial charge in [0, 0.05) is 35.9 Å². The van der Waals surface area contributed by atoms with Crippen LogP contribution in [0, 0.1) is 5.41 Å². The average molecular weight is 310 g/mol. The Morgan fingerprint density at radius 2 is 2.05 bits per heavy atom. The molecule has 5 nitrogen and oxygen atoms in total. The van der Waals surface area contributed by atoms with E-state index in [9.17, 15) is 14.7 Å². The number of hydrogen-bond donors (Lipinski definition) is 3. The van der Waals surface area contributed by atoms with E-state index >= 15 is 0 Å². The number of carbonyl (C=O) groups is 2. The minimum Gasteiger partial charge on any atom is -0.396 e. The molecule has 0 bridgehead atoms. The van der Waals surface area contributed by atoms with Crippen LogP contribution in [0.2, 0.25) is 0 Å². The Balaban J connectivity index is 1.65. The molecule has 1 fully saturated rings. The molecule has 0 radical (unpaired) electrons. The lowest BCUT2D eigenvalue weighted by Crippen LogP contribution is -2.39. The molecule has 0 spiro atoms. The summed E-state index contributed by atoms with van der Waals surface area (Å²) in [5.74, 6) is -0.230.